The quantitative estimate of drug-likeness (QED) is 0.351. The Labute approximate surface area is 185 Å². The van der Waals surface area contributed by atoms with Crippen molar-refractivity contribution in [2.24, 2.45) is 0 Å². The van der Waals surface area contributed by atoms with E-state index in [1.807, 2.05) is 65.2 Å². The number of imidazole rings is 1. The summed E-state index contributed by atoms with van der Waals surface area (Å²) in [5, 5.41) is 3.37. The van der Waals surface area contributed by atoms with Crippen molar-refractivity contribution in [3.05, 3.63) is 90.9 Å². The Hall–Kier alpha value is -4.39. The molecule has 1 atom stereocenters. The van der Waals surface area contributed by atoms with E-state index < -0.39 is 0 Å². The number of benzene rings is 3. The second kappa shape index (κ2) is 8.03. The van der Waals surface area contributed by atoms with Crippen LogP contribution in [-0.2, 0) is 0 Å². The van der Waals surface area contributed by atoms with Crippen molar-refractivity contribution in [1.29, 1.82) is 0 Å². The fourth-order valence-corrected chi connectivity index (χ4v) is 3.70. The van der Waals surface area contributed by atoms with Crippen molar-refractivity contribution in [2.75, 3.05) is 16.8 Å². The third-order valence-electron chi connectivity index (χ3n) is 5.50. The first-order chi connectivity index (χ1) is 15.6. The Bertz CT molecular complexity index is 1390. The van der Waals surface area contributed by atoms with Gasteiger partial charge in [-0.1, -0.05) is 42.5 Å². The molecule has 158 valence electrons. The first-order valence-corrected chi connectivity index (χ1v) is 10.4. The van der Waals surface area contributed by atoms with E-state index in [0.717, 1.165) is 28.0 Å². The molecule has 0 aliphatic heterocycles. The summed E-state index contributed by atoms with van der Waals surface area (Å²) in [5.74, 6) is 1.31. The van der Waals surface area contributed by atoms with Crippen LogP contribution >= 0.6 is 0 Å². The maximum atomic E-state index is 5.97. The molecule has 5 aromatic rings. The van der Waals surface area contributed by atoms with E-state index in [0.29, 0.717) is 17.3 Å². The summed E-state index contributed by atoms with van der Waals surface area (Å²) < 4.78 is 1.95. The maximum Gasteiger partial charge on any atom is 0.225 e. The van der Waals surface area contributed by atoms with Gasteiger partial charge in [-0.15, -0.1) is 0 Å². The fraction of sp³-hybridized carbons (Fsp3) is 0.0800. The predicted octanol–water partition coefficient (Wildman–Crippen LogP) is 4.82. The summed E-state index contributed by atoms with van der Waals surface area (Å²) >= 11 is 0. The minimum atomic E-state index is 0.0842. The van der Waals surface area contributed by atoms with Gasteiger partial charge in [0.25, 0.3) is 0 Å². The number of nitrogens with zero attached hydrogens (tertiary/aromatic N) is 4. The molecule has 2 aromatic heterocycles. The lowest BCUT2D eigenvalue weighted by Crippen LogP contribution is -2.10. The zero-order valence-corrected chi connectivity index (χ0v) is 17.6. The van der Waals surface area contributed by atoms with Crippen molar-refractivity contribution < 1.29 is 0 Å². The number of rotatable bonds is 5. The number of aromatic nitrogens is 4. The fourth-order valence-electron chi connectivity index (χ4n) is 3.70. The second-order valence-corrected chi connectivity index (χ2v) is 7.68. The molecule has 7 heteroatoms. The van der Waals surface area contributed by atoms with E-state index in [2.05, 4.69) is 34.3 Å². The van der Waals surface area contributed by atoms with Crippen LogP contribution in [-0.4, -0.2) is 19.5 Å². The van der Waals surface area contributed by atoms with Crippen molar-refractivity contribution in [3.63, 3.8) is 0 Å². The van der Waals surface area contributed by atoms with E-state index in [1.165, 1.54) is 5.56 Å². The molecular weight excluding hydrogens is 398 g/mol. The van der Waals surface area contributed by atoms with Gasteiger partial charge in [-0.2, -0.15) is 4.98 Å². The van der Waals surface area contributed by atoms with Crippen LogP contribution in [0, 0.1) is 0 Å². The molecule has 32 heavy (non-hydrogen) atoms. The van der Waals surface area contributed by atoms with Gasteiger partial charge in [0.1, 0.15) is 12.1 Å². The first kappa shape index (κ1) is 19.6. The largest absolute Gasteiger partial charge is 0.397 e. The topological polar surface area (TPSA) is 108 Å². The lowest BCUT2D eigenvalue weighted by molar-refractivity contribution is 0.854. The second-order valence-electron chi connectivity index (χ2n) is 7.68. The Balaban J connectivity index is 1.45. The van der Waals surface area contributed by atoms with Crippen LogP contribution in [0.5, 0.6) is 0 Å². The third-order valence-corrected chi connectivity index (χ3v) is 5.50. The highest BCUT2D eigenvalue weighted by Gasteiger charge is 2.11. The van der Waals surface area contributed by atoms with Crippen molar-refractivity contribution in [3.8, 4) is 16.9 Å². The molecule has 5 rings (SSSR count). The normalized spacial score (nSPS) is 12.0. The number of hydrogen-bond donors (Lipinski definition) is 3. The lowest BCUT2D eigenvalue weighted by atomic mass is 10.0. The van der Waals surface area contributed by atoms with Crippen molar-refractivity contribution in [1.82, 2.24) is 19.5 Å². The van der Waals surface area contributed by atoms with Gasteiger partial charge >= 0.3 is 0 Å². The van der Waals surface area contributed by atoms with E-state index in [-0.39, 0.29) is 6.04 Å². The molecule has 0 radical (unpaired) electrons. The highest BCUT2D eigenvalue weighted by molar-refractivity contribution is 5.84. The minimum absolute atomic E-state index is 0.0842. The number of nitrogens with two attached hydrogens (primary N) is 2. The van der Waals surface area contributed by atoms with Gasteiger partial charge in [-0.3, -0.25) is 4.57 Å². The highest BCUT2D eigenvalue weighted by Crippen LogP contribution is 2.28. The molecule has 7 nitrogen and oxygen atoms in total. The molecule has 5 N–H and O–H groups in total. The summed E-state index contributed by atoms with van der Waals surface area (Å²) in [4.78, 5) is 13.7. The molecule has 0 spiro atoms. The Morgan fingerprint density at radius 2 is 1.62 bits per heavy atom. The lowest BCUT2D eigenvalue weighted by Gasteiger charge is -2.14. The molecule has 0 saturated heterocycles. The predicted molar refractivity (Wildman–Crippen MR) is 129 cm³/mol. The zero-order chi connectivity index (χ0) is 22.1. The monoisotopic (exact) mass is 421 g/mol. The Kier molecular flexibility index (Phi) is 4.91. The molecular formula is C25H23N7. The number of nitrogen functional groups attached to an aromatic ring is 2. The Morgan fingerprint density at radius 3 is 2.44 bits per heavy atom. The van der Waals surface area contributed by atoms with E-state index in [4.69, 9.17) is 16.5 Å². The molecule has 3 aromatic carbocycles. The van der Waals surface area contributed by atoms with Gasteiger partial charge in [0.2, 0.25) is 5.95 Å². The average molecular weight is 422 g/mol. The van der Waals surface area contributed by atoms with Crippen LogP contribution in [0.1, 0.15) is 18.5 Å². The van der Waals surface area contributed by atoms with Crippen LogP contribution < -0.4 is 16.8 Å². The molecule has 0 fully saturated rings. The van der Waals surface area contributed by atoms with E-state index in [9.17, 15) is 0 Å². The van der Waals surface area contributed by atoms with Crippen LogP contribution in [0.4, 0.5) is 17.3 Å². The molecule has 0 amide bonds. The van der Waals surface area contributed by atoms with Crippen molar-refractivity contribution >= 4 is 28.4 Å². The van der Waals surface area contributed by atoms with Crippen LogP contribution in [0.15, 0.2) is 85.3 Å². The molecule has 0 aliphatic rings. The SMILES string of the molecule is C[C@H](Nc1nccc(-n2cnc3cc(-c4ccc(N)c(N)c4)ccc32)n1)c1ccccc1. The molecule has 0 unspecified atom stereocenters. The van der Waals surface area contributed by atoms with Gasteiger partial charge in [-0.05, 0) is 53.9 Å². The van der Waals surface area contributed by atoms with Crippen LogP contribution in [0.2, 0.25) is 0 Å². The highest BCUT2D eigenvalue weighted by atomic mass is 15.2. The van der Waals surface area contributed by atoms with Gasteiger partial charge in [-0.25, -0.2) is 9.97 Å². The van der Waals surface area contributed by atoms with Crippen LogP contribution in [0.3, 0.4) is 0 Å². The van der Waals surface area contributed by atoms with Crippen LogP contribution in [0.25, 0.3) is 28.0 Å². The third kappa shape index (κ3) is 3.72. The molecule has 0 saturated carbocycles. The molecule has 0 bridgehead atoms. The summed E-state index contributed by atoms with van der Waals surface area (Å²) in [6, 6.07) is 23.9. The van der Waals surface area contributed by atoms with Gasteiger partial charge in [0.05, 0.1) is 28.5 Å². The number of fused-ring (bicyclic) bond motifs is 1. The van der Waals surface area contributed by atoms with E-state index in [1.54, 1.807) is 12.5 Å². The zero-order valence-electron chi connectivity index (χ0n) is 17.6. The summed E-state index contributed by atoms with van der Waals surface area (Å²) in [6.07, 6.45) is 3.53. The molecule has 0 aliphatic carbocycles. The van der Waals surface area contributed by atoms with E-state index >= 15 is 0 Å². The van der Waals surface area contributed by atoms with Gasteiger partial charge < -0.3 is 16.8 Å². The van der Waals surface area contributed by atoms with Crippen molar-refractivity contribution in [2.45, 2.75) is 13.0 Å². The standard InChI is InChI=1S/C25H23N7/c1-16(17-5-3-2-4-6-17)30-25-28-12-11-24(31-25)32-15-29-22-14-19(8-10-23(22)32)18-7-9-20(26)21(27)13-18/h2-16H,26-27H2,1H3,(H,28,30,31)/t16-/m0/s1. The van der Waals surface area contributed by atoms with Gasteiger partial charge in [0, 0.05) is 6.20 Å². The minimum Gasteiger partial charge on any atom is -0.397 e. The van der Waals surface area contributed by atoms with Gasteiger partial charge in [0.15, 0.2) is 0 Å². The first-order valence-electron chi connectivity index (χ1n) is 10.4. The summed E-state index contributed by atoms with van der Waals surface area (Å²) in [7, 11) is 0. The number of anilines is 3. The summed E-state index contributed by atoms with van der Waals surface area (Å²) in [6.45, 7) is 2.09. The number of nitrogens with one attached hydrogen (secondary N) is 1. The smallest absolute Gasteiger partial charge is 0.225 e. The Morgan fingerprint density at radius 1 is 0.844 bits per heavy atom. The maximum absolute atomic E-state index is 5.97. The molecule has 2 heterocycles. The summed E-state index contributed by atoms with van der Waals surface area (Å²) in [5.41, 5.74) is 18.0. The number of hydrogen-bond acceptors (Lipinski definition) is 6. The average Bonchev–Trinajstić information content (AvgIpc) is 3.25.